The maximum absolute atomic E-state index is 12.9. The van der Waals surface area contributed by atoms with Crippen LogP contribution in [0.25, 0.3) is 0 Å². The molecule has 1 unspecified atom stereocenters. The molecule has 0 bridgehead atoms. The van der Waals surface area contributed by atoms with Crippen molar-refractivity contribution in [2.45, 2.75) is 19.4 Å². The molecule has 1 nitrogen and oxygen atoms in total. The molecule has 0 aliphatic rings. The van der Waals surface area contributed by atoms with Gasteiger partial charge in [0.1, 0.15) is 5.82 Å². The van der Waals surface area contributed by atoms with Gasteiger partial charge in [-0.2, -0.15) is 0 Å². The smallest absolute Gasteiger partial charge is 0.141 e. The van der Waals surface area contributed by atoms with Crippen LogP contribution in [-0.4, -0.2) is 7.05 Å². The third-order valence-corrected chi connectivity index (χ3v) is 2.47. The number of hydrogen-bond donors (Lipinski definition) is 1. The first-order valence-electron chi connectivity index (χ1n) is 4.71. The summed E-state index contributed by atoms with van der Waals surface area (Å²) in [7, 11) is 1.85. The minimum atomic E-state index is -0.392. The second kappa shape index (κ2) is 5.75. The van der Waals surface area contributed by atoms with Crippen molar-refractivity contribution in [3.05, 3.63) is 34.6 Å². The van der Waals surface area contributed by atoms with Gasteiger partial charge in [-0.1, -0.05) is 17.7 Å². The van der Waals surface area contributed by atoms with E-state index in [0.717, 1.165) is 5.56 Å². The normalized spacial score (nSPS) is 11.7. The van der Waals surface area contributed by atoms with Gasteiger partial charge in [0.05, 0.1) is 5.02 Å². The fourth-order valence-electron chi connectivity index (χ4n) is 1.32. The molecule has 0 aromatic heterocycles. The van der Waals surface area contributed by atoms with Crippen molar-refractivity contribution >= 4 is 11.6 Å². The van der Waals surface area contributed by atoms with E-state index in [-0.39, 0.29) is 11.1 Å². The second-order valence-corrected chi connectivity index (χ2v) is 3.55. The SMILES string of the molecule is CC#CCC(NC)c1ccc(F)c(Cl)c1. The zero-order chi connectivity index (χ0) is 11.3. The van der Waals surface area contributed by atoms with Crippen LogP contribution in [-0.2, 0) is 0 Å². The standard InChI is InChI=1S/C12H13ClFN/c1-3-4-5-12(15-2)9-6-7-11(14)10(13)8-9/h6-8,12,15H,5H2,1-2H3. The molecular formula is C12H13ClFN. The van der Waals surface area contributed by atoms with E-state index in [4.69, 9.17) is 11.6 Å². The fraction of sp³-hybridized carbons (Fsp3) is 0.333. The van der Waals surface area contributed by atoms with Gasteiger partial charge < -0.3 is 5.32 Å². The first-order valence-corrected chi connectivity index (χ1v) is 5.08. The van der Waals surface area contributed by atoms with Crippen LogP contribution in [0.1, 0.15) is 24.9 Å². The van der Waals surface area contributed by atoms with Gasteiger partial charge in [-0.25, -0.2) is 4.39 Å². The lowest BCUT2D eigenvalue weighted by molar-refractivity contribution is 0.601. The minimum Gasteiger partial charge on any atom is -0.312 e. The molecule has 0 spiro atoms. The Morgan fingerprint density at radius 1 is 1.53 bits per heavy atom. The molecule has 1 aromatic rings. The van der Waals surface area contributed by atoms with Crippen LogP contribution in [0.4, 0.5) is 4.39 Å². The Morgan fingerprint density at radius 3 is 2.80 bits per heavy atom. The number of halogens is 2. The third-order valence-electron chi connectivity index (χ3n) is 2.18. The molecule has 80 valence electrons. The Kier molecular flexibility index (Phi) is 4.61. The molecule has 3 heteroatoms. The Balaban J connectivity index is 2.90. The summed E-state index contributed by atoms with van der Waals surface area (Å²) in [6.45, 7) is 1.80. The van der Waals surface area contributed by atoms with E-state index in [1.165, 1.54) is 6.07 Å². The summed E-state index contributed by atoms with van der Waals surface area (Å²) in [6, 6.07) is 4.83. The van der Waals surface area contributed by atoms with E-state index in [1.807, 2.05) is 7.05 Å². The van der Waals surface area contributed by atoms with Crippen molar-refractivity contribution in [1.82, 2.24) is 5.32 Å². The van der Waals surface area contributed by atoms with Crippen molar-refractivity contribution in [2.75, 3.05) is 7.05 Å². The lowest BCUT2D eigenvalue weighted by Gasteiger charge is -2.13. The highest BCUT2D eigenvalue weighted by molar-refractivity contribution is 6.30. The van der Waals surface area contributed by atoms with Crippen LogP contribution in [0.15, 0.2) is 18.2 Å². The van der Waals surface area contributed by atoms with Crippen LogP contribution in [0.2, 0.25) is 5.02 Å². The third kappa shape index (κ3) is 3.23. The summed E-state index contributed by atoms with van der Waals surface area (Å²) >= 11 is 5.71. The maximum atomic E-state index is 12.9. The monoisotopic (exact) mass is 225 g/mol. The van der Waals surface area contributed by atoms with Gasteiger partial charge in [-0.3, -0.25) is 0 Å². The molecule has 1 rings (SSSR count). The fourth-order valence-corrected chi connectivity index (χ4v) is 1.51. The average Bonchev–Trinajstić information content (AvgIpc) is 2.24. The Bertz CT molecular complexity index is 392. The molecule has 0 saturated carbocycles. The molecule has 0 aliphatic heterocycles. The van der Waals surface area contributed by atoms with Gasteiger partial charge in [0.15, 0.2) is 0 Å². The maximum Gasteiger partial charge on any atom is 0.141 e. The molecule has 1 atom stereocenters. The molecular weight excluding hydrogens is 213 g/mol. The summed E-state index contributed by atoms with van der Waals surface area (Å²) in [5.41, 5.74) is 0.951. The highest BCUT2D eigenvalue weighted by atomic mass is 35.5. The number of benzene rings is 1. The van der Waals surface area contributed by atoms with Crippen molar-refractivity contribution in [3.63, 3.8) is 0 Å². The predicted molar refractivity (Wildman–Crippen MR) is 61.3 cm³/mol. The van der Waals surface area contributed by atoms with E-state index < -0.39 is 5.82 Å². The highest BCUT2D eigenvalue weighted by Gasteiger charge is 2.09. The van der Waals surface area contributed by atoms with Gasteiger partial charge in [0.25, 0.3) is 0 Å². The van der Waals surface area contributed by atoms with Gasteiger partial charge in [0, 0.05) is 12.5 Å². The van der Waals surface area contributed by atoms with Crippen LogP contribution >= 0.6 is 11.6 Å². The summed E-state index contributed by atoms with van der Waals surface area (Å²) in [5, 5.41) is 3.27. The van der Waals surface area contributed by atoms with Gasteiger partial charge in [0.2, 0.25) is 0 Å². The topological polar surface area (TPSA) is 12.0 Å². The molecule has 0 radical (unpaired) electrons. The van der Waals surface area contributed by atoms with Crippen LogP contribution in [0.3, 0.4) is 0 Å². The molecule has 0 fully saturated rings. The number of hydrogen-bond acceptors (Lipinski definition) is 1. The van der Waals surface area contributed by atoms with Crippen LogP contribution in [0, 0.1) is 17.7 Å². The molecule has 1 N–H and O–H groups in total. The Labute approximate surface area is 94.6 Å². The first kappa shape index (κ1) is 12.0. The highest BCUT2D eigenvalue weighted by Crippen LogP contribution is 2.22. The molecule has 0 heterocycles. The number of rotatable bonds is 3. The quantitative estimate of drug-likeness (QED) is 0.780. The zero-order valence-electron chi connectivity index (χ0n) is 8.77. The Morgan fingerprint density at radius 2 is 2.27 bits per heavy atom. The van der Waals surface area contributed by atoms with E-state index in [0.29, 0.717) is 6.42 Å². The molecule has 0 amide bonds. The van der Waals surface area contributed by atoms with Crippen molar-refractivity contribution in [3.8, 4) is 11.8 Å². The van der Waals surface area contributed by atoms with Gasteiger partial charge in [-0.15, -0.1) is 11.8 Å². The summed E-state index contributed by atoms with van der Waals surface area (Å²) < 4.78 is 12.9. The van der Waals surface area contributed by atoms with Crippen molar-refractivity contribution in [2.24, 2.45) is 0 Å². The lowest BCUT2D eigenvalue weighted by Crippen LogP contribution is -2.15. The van der Waals surface area contributed by atoms with Gasteiger partial charge in [-0.05, 0) is 31.7 Å². The van der Waals surface area contributed by atoms with E-state index >= 15 is 0 Å². The summed E-state index contributed by atoms with van der Waals surface area (Å²) in [4.78, 5) is 0. The lowest BCUT2D eigenvalue weighted by atomic mass is 10.0. The van der Waals surface area contributed by atoms with E-state index in [2.05, 4.69) is 17.2 Å². The molecule has 15 heavy (non-hydrogen) atoms. The van der Waals surface area contributed by atoms with Crippen LogP contribution < -0.4 is 5.32 Å². The first-order chi connectivity index (χ1) is 7.19. The average molecular weight is 226 g/mol. The van der Waals surface area contributed by atoms with Crippen molar-refractivity contribution in [1.29, 1.82) is 0 Å². The zero-order valence-corrected chi connectivity index (χ0v) is 9.53. The van der Waals surface area contributed by atoms with Crippen LogP contribution in [0.5, 0.6) is 0 Å². The molecule has 0 aliphatic carbocycles. The Hall–Kier alpha value is -1.04. The summed E-state index contributed by atoms with van der Waals surface area (Å²) in [5.74, 6) is 5.42. The van der Waals surface area contributed by atoms with E-state index in [1.54, 1.807) is 19.1 Å². The predicted octanol–water partition coefficient (Wildman–Crippen LogP) is 3.15. The largest absolute Gasteiger partial charge is 0.312 e. The molecule has 1 aromatic carbocycles. The minimum absolute atomic E-state index is 0.0931. The van der Waals surface area contributed by atoms with Crippen molar-refractivity contribution < 1.29 is 4.39 Å². The summed E-state index contributed by atoms with van der Waals surface area (Å²) in [6.07, 6.45) is 0.689. The van der Waals surface area contributed by atoms with Gasteiger partial charge >= 0.3 is 0 Å². The molecule has 0 saturated heterocycles. The number of nitrogens with one attached hydrogen (secondary N) is 1. The van der Waals surface area contributed by atoms with E-state index in [9.17, 15) is 4.39 Å². The second-order valence-electron chi connectivity index (χ2n) is 3.15.